The highest BCUT2D eigenvalue weighted by molar-refractivity contribution is 9.11. The molecule has 0 radical (unpaired) electrons. The quantitative estimate of drug-likeness (QED) is 0.896. The van der Waals surface area contributed by atoms with Crippen LogP contribution in [0.3, 0.4) is 0 Å². The van der Waals surface area contributed by atoms with E-state index in [1.54, 1.807) is 11.4 Å². The minimum Gasteiger partial charge on any atom is -0.480 e. The molecule has 0 aliphatic heterocycles. The molecule has 6 heteroatoms. The van der Waals surface area contributed by atoms with E-state index < -0.39 is 11.5 Å². The number of amides is 1. The van der Waals surface area contributed by atoms with Crippen LogP contribution in [0.2, 0.25) is 0 Å². The van der Waals surface area contributed by atoms with Gasteiger partial charge in [-0.25, -0.2) is 4.79 Å². The van der Waals surface area contributed by atoms with E-state index in [0.717, 1.165) is 3.79 Å². The van der Waals surface area contributed by atoms with Gasteiger partial charge >= 0.3 is 5.97 Å². The summed E-state index contributed by atoms with van der Waals surface area (Å²) in [5.41, 5.74) is -0.799. The minimum absolute atomic E-state index is 0.385. The maximum atomic E-state index is 11.6. The number of rotatable bonds is 3. The SMILES string of the molecule is CC(C)(NC(=O)c1csc(Br)c1)C(=O)O. The molecule has 0 aliphatic rings. The van der Waals surface area contributed by atoms with Crippen molar-refractivity contribution in [3.05, 3.63) is 20.8 Å². The highest BCUT2D eigenvalue weighted by atomic mass is 79.9. The van der Waals surface area contributed by atoms with Gasteiger partial charge in [0.05, 0.1) is 9.35 Å². The fraction of sp³-hybridized carbons (Fsp3) is 0.333. The molecule has 2 N–H and O–H groups in total. The van der Waals surface area contributed by atoms with Crippen LogP contribution in [0, 0.1) is 0 Å². The standard InChI is InChI=1S/C9H10BrNO3S/c1-9(2,8(13)14)11-7(12)5-3-6(10)15-4-5/h3-4H,1-2H3,(H,11,12)(H,13,14). The molecule has 1 amide bonds. The molecule has 82 valence electrons. The third-order valence-corrected chi connectivity index (χ3v) is 3.29. The van der Waals surface area contributed by atoms with Crippen LogP contribution in [0.1, 0.15) is 24.2 Å². The lowest BCUT2D eigenvalue weighted by Crippen LogP contribution is -2.49. The van der Waals surface area contributed by atoms with Gasteiger partial charge in [-0.1, -0.05) is 0 Å². The predicted octanol–water partition coefficient (Wildman–Crippen LogP) is 2.10. The fourth-order valence-corrected chi connectivity index (χ4v) is 1.98. The van der Waals surface area contributed by atoms with Gasteiger partial charge in [0, 0.05) is 5.38 Å². The maximum Gasteiger partial charge on any atom is 0.328 e. The molecular weight excluding hydrogens is 282 g/mol. The van der Waals surface area contributed by atoms with Crippen molar-refractivity contribution < 1.29 is 14.7 Å². The van der Waals surface area contributed by atoms with Gasteiger partial charge in [-0.3, -0.25) is 4.79 Å². The van der Waals surface area contributed by atoms with Crippen LogP contribution >= 0.6 is 27.3 Å². The number of halogens is 1. The number of carbonyl (C=O) groups is 2. The van der Waals surface area contributed by atoms with Gasteiger partial charge in [0.1, 0.15) is 5.54 Å². The molecule has 0 saturated heterocycles. The summed E-state index contributed by atoms with van der Waals surface area (Å²) in [5.74, 6) is -1.45. The van der Waals surface area contributed by atoms with Gasteiger partial charge in [0.15, 0.2) is 0 Å². The van der Waals surface area contributed by atoms with Crippen LogP contribution in [-0.4, -0.2) is 22.5 Å². The Bertz CT molecular complexity index is 400. The molecule has 0 saturated carbocycles. The Balaban J connectivity index is 2.76. The topological polar surface area (TPSA) is 66.4 Å². The molecule has 4 nitrogen and oxygen atoms in total. The summed E-state index contributed by atoms with van der Waals surface area (Å²) in [5, 5.41) is 12.9. The first-order chi connectivity index (χ1) is 6.83. The largest absolute Gasteiger partial charge is 0.480 e. The zero-order chi connectivity index (χ0) is 11.6. The highest BCUT2D eigenvalue weighted by Gasteiger charge is 2.29. The van der Waals surface area contributed by atoms with Gasteiger partial charge < -0.3 is 10.4 Å². The highest BCUT2D eigenvalue weighted by Crippen LogP contribution is 2.21. The van der Waals surface area contributed by atoms with Crippen LogP contribution in [0.5, 0.6) is 0 Å². The van der Waals surface area contributed by atoms with Crippen LogP contribution in [0.15, 0.2) is 15.2 Å². The van der Waals surface area contributed by atoms with E-state index in [1.165, 1.54) is 25.2 Å². The van der Waals surface area contributed by atoms with E-state index >= 15 is 0 Å². The number of aliphatic carboxylic acids is 1. The maximum absolute atomic E-state index is 11.6. The normalized spacial score (nSPS) is 11.1. The van der Waals surface area contributed by atoms with E-state index in [-0.39, 0.29) is 5.91 Å². The number of carboxylic acid groups (broad SMARTS) is 1. The smallest absolute Gasteiger partial charge is 0.328 e. The van der Waals surface area contributed by atoms with Crippen molar-refractivity contribution in [2.24, 2.45) is 0 Å². The van der Waals surface area contributed by atoms with Crippen LogP contribution in [-0.2, 0) is 4.79 Å². The van der Waals surface area contributed by atoms with Gasteiger partial charge in [-0.15, -0.1) is 11.3 Å². The number of carbonyl (C=O) groups excluding carboxylic acids is 1. The first-order valence-electron chi connectivity index (χ1n) is 4.13. The number of hydrogen-bond acceptors (Lipinski definition) is 3. The Morgan fingerprint density at radius 1 is 1.53 bits per heavy atom. The Morgan fingerprint density at radius 2 is 2.13 bits per heavy atom. The summed E-state index contributed by atoms with van der Waals surface area (Å²) in [6.07, 6.45) is 0. The monoisotopic (exact) mass is 291 g/mol. The average molecular weight is 292 g/mol. The molecule has 1 rings (SSSR count). The van der Waals surface area contributed by atoms with Crippen molar-refractivity contribution in [1.82, 2.24) is 5.32 Å². The molecular formula is C9H10BrNO3S. The average Bonchev–Trinajstić information content (AvgIpc) is 2.50. The molecule has 15 heavy (non-hydrogen) atoms. The second-order valence-corrected chi connectivity index (χ2v) is 5.81. The van der Waals surface area contributed by atoms with Crippen molar-refractivity contribution >= 4 is 39.1 Å². The van der Waals surface area contributed by atoms with Crippen LogP contribution in [0.25, 0.3) is 0 Å². The van der Waals surface area contributed by atoms with Gasteiger partial charge in [0.2, 0.25) is 0 Å². The summed E-state index contributed by atoms with van der Waals surface area (Å²) >= 11 is 4.61. The number of carboxylic acids is 1. The Morgan fingerprint density at radius 3 is 2.53 bits per heavy atom. The van der Waals surface area contributed by atoms with Crippen molar-refractivity contribution in [3.63, 3.8) is 0 Å². The van der Waals surface area contributed by atoms with E-state index in [1.807, 2.05) is 0 Å². The molecule has 1 aromatic rings. The zero-order valence-corrected chi connectivity index (χ0v) is 10.6. The van der Waals surface area contributed by atoms with Gasteiger partial charge in [0.25, 0.3) is 5.91 Å². The van der Waals surface area contributed by atoms with Crippen LogP contribution < -0.4 is 5.32 Å². The summed E-state index contributed by atoms with van der Waals surface area (Å²) in [6.45, 7) is 2.88. The number of nitrogens with one attached hydrogen (secondary N) is 1. The molecule has 0 aromatic carbocycles. The second kappa shape index (κ2) is 4.32. The summed E-state index contributed by atoms with van der Waals surface area (Å²) < 4.78 is 0.834. The molecule has 0 fully saturated rings. The molecule has 0 spiro atoms. The first-order valence-corrected chi connectivity index (χ1v) is 5.80. The Kier molecular flexibility index (Phi) is 3.51. The van der Waals surface area contributed by atoms with Crippen LogP contribution in [0.4, 0.5) is 0 Å². The minimum atomic E-state index is -1.26. The van der Waals surface area contributed by atoms with Gasteiger partial charge in [-0.05, 0) is 35.8 Å². The summed E-state index contributed by atoms with van der Waals surface area (Å²) in [4.78, 5) is 22.4. The molecule has 1 heterocycles. The van der Waals surface area contributed by atoms with Gasteiger partial charge in [-0.2, -0.15) is 0 Å². The van der Waals surface area contributed by atoms with Crippen molar-refractivity contribution in [3.8, 4) is 0 Å². The van der Waals surface area contributed by atoms with Crippen molar-refractivity contribution in [1.29, 1.82) is 0 Å². The summed E-state index contributed by atoms with van der Waals surface area (Å²) in [6, 6.07) is 1.65. The lowest BCUT2D eigenvalue weighted by molar-refractivity contribution is -0.143. The predicted molar refractivity (Wildman–Crippen MR) is 61.2 cm³/mol. The van der Waals surface area contributed by atoms with Crippen molar-refractivity contribution in [2.75, 3.05) is 0 Å². The number of thiophene rings is 1. The molecule has 0 bridgehead atoms. The van der Waals surface area contributed by atoms with E-state index in [4.69, 9.17) is 5.11 Å². The third kappa shape index (κ3) is 3.04. The van der Waals surface area contributed by atoms with Crippen molar-refractivity contribution in [2.45, 2.75) is 19.4 Å². The number of hydrogen-bond donors (Lipinski definition) is 2. The third-order valence-electron chi connectivity index (χ3n) is 1.79. The summed E-state index contributed by atoms with van der Waals surface area (Å²) in [7, 11) is 0. The fourth-order valence-electron chi connectivity index (χ4n) is 0.839. The second-order valence-electron chi connectivity index (χ2n) is 3.52. The Labute approximate surface area is 99.4 Å². The Hall–Kier alpha value is -0.880. The first kappa shape index (κ1) is 12.2. The van der Waals surface area contributed by atoms with E-state index in [9.17, 15) is 9.59 Å². The molecule has 1 aromatic heterocycles. The van der Waals surface area contributed by atoms with E-state index in [2.05, 4.69) is 21.2 Å². The van der Waals surface area contributed by atoms with E-state index in [0.29, 0.717) is 5.56 Å². The lowest BCUT2D eigenvalue weighted by Gasteiger charge is -2.20. The molecule has 0 aliphatic carbocycles. The zero-order valence-electron chi connectivity index (χ0n) is 8.20. The molecule has 0 atom stereocenters. The lowest BCUT2D eigenvalue weighted by atomic mass is 10.1. The molecule has 0 unspecified atom stereocenters.